The van der Waals surface area contributed by atoms with Crippen LogP contribution in [0.25, 0.3) is 0 Å². The van der Waals surface area contributed by atoms with Gasteiger partial charge in [-0.25, -0.2) is 0 Å². The molecule has 2 rings (SSSR count). The lowest BCUT2D eigenvalue weighted by molar-refractivity contribution is 0.270. The third-order valence-corrected chi connectivity index (χ3v) is 4.49. The van der Waals surface area contributed by atoms with E-state index in [1.165, 1.54) is 30.4 Å². The predicted octanol–water partition coefficient (Wildman–Crippen LogP) is 4.62. The minimum atomic E-state index is 0.258. The summed E-state index contributed by atoms with van der Waals surface area (Å²) in [6, 6.07) is 4.15. The minimum absolute atomic E-state index is 0.258. The van der Waals surface area contributed by atoms with Crippen molar-refractivity contribution < 1.29 is 4.74 Å². The molecule has 1 atom stereocenters. The Balaban J connectivity index is 2.16. The minimum Gasteiger partial charge on any atom is -0.493 e. The average molecular weight is 310 g/mol. The molecule has 1 unspecified atom stereocenters. The molecular weight excluding hydrogens is 282 g/mol. The standard InChI is InChI=1S/C18H28ClNO/c1-4-7-18(3,13-20-8-5-2)12-15-11-16(19)10-14-6-9-21-17(14)15/h10-11,20H,4-9,12-13H2,1-3H3. The summed E-state index contributed by atoms with van der Waals surface area (Å²) in [7, 11) is 0. The Morgan fingerprint density at radius 1 is 1.29 bits per heavy atom. The highest BCUT2D eigenvalue weighted by Gasteiger charge is 2.27. The van der Waals surface area contributed by atoms with Crippen molar-refractivity contribution in [2.24, 2.45) is 5.41 Å². The van der Waals surface area contributed by atoms with E-state index in [9.17, 15) is 0 Å². The van der Waals surface area contributed by atoms with Crippen LogP contribution in [0.3, 0.4) is 0 Å². The summed E-state index contributed by atoms with van der Waals surface area (Å²) in [5, 5.41) is 4.43. The molecule has 1 N–H and O–H groups in total. The quantitative estimate of drug-likeness (QED) is 0.707. The van der Waals surface area contributed by atoms with Gasteiger partial charge in [-0.2, -0.15) is 0 Å². The van der Waals surface area contributed by atoms with Crippen LogP contribution in [0.4, 0.5) is 0 Å². The van der Waals surface area contributed by atoms with Crippen molar-refractivity contribution in [3.63, 3.8) is 0 Å². The van der Waals surface area contributed by atoms with E-state index in [1.807, 2.05) is 0 Å². The van der Waals surface area contributed by atoms with Crippen LogP contribution >= 0.6 is 11.6 Å². The normalized spacial score (nSPS) is 16.4. The van der Waals surface area contributed by atoms with Crippen LogP contribution in [0.1, 0.15) is 51.2 Å². The van der Waals surface area contributed by atoms with E-state index in [2.05, 4.69) is 38.2 Å². The van der Waals surface area contributed by atoms with Gasteiger partial charge in [-0.1, -0.05) is 38.8 Å². The van der Waals surface area contributed by atoms with Crippen LogP contribution in [-0.4, -0.2) is 19.7 Å². The second kappa shape index (κ2) is 7.51. The number of hydrogen-bond donors (Lipinski definition) is 1. The zero-order valence-corrected chi connectivity index (χ0v) is 14.4. The third kappa shape index (κ3) is 4.37. The summed E-state index contributed by atoms with van der Waals surface area (Å²) >= 11 is 6.29. The maximum Gasteiger partial charge on any atom is 0.125 e. The Bertz CT molecular complexity index is 475. The van der Waals surface area contributed by atoms with Crippen LogP contribution < -0.4 is 10.1 Å². The second-order valence-electron chi connectivity index (χ2n) is 6.57. The van der Waals surface area contributed by atoms with E-state index in [0.29, 0.717) is 0 Å². The SMILES string of the molecule is CCCNCC(C)(CCC)Cc1cc(Cl)cc2c1OCC2. The van der Waals surface area contributed by atoms with E-state index in [4.69, 9.17) is 16.3 Å². The Morgan fingerprint density at radius 3 is 2.81 bits per heavy atom. The van der Waals surface area contributed by atoms with Gasteiger partial charge >= 0.3 is 0 Å². The summed E-state index contributed by atoms with van der Waals surface area (Å²) in [6.07, 6.45) is 5.61. The van der Waals surface area contributed by atoms with E-state index < -0.39 is 0 Å². The highest BCUT2D eigenvalue weighted by atomic mass is 35.5. The van der Waals surface area contributed by atoms with Gasteiger partial charge in [-0.05, 0) is 54.5 Å². The van der Waals surface area contributed by atoms with Gasteiger partial charge in [0.05, 0.1) is 6.61 Å². The van der Waals surface area contributed by atoms with Gasteiger partial charge < -0.3 is 10.1 Å². The molecule has 1 aliphatic rings. The molecule has 0 aliphatic carbocycles. The van der Waals surface area contributed by atoms with Crippen LogP contribution in [0.2, 0.25) is 5.02 Å². The lowest BCUT2D eigenvalue weighted by Crippen LogP contribution is -2.34. The van der Waals surface area contributed by atoms with E-state index in [-0.39, 0.29) is 5.41 Å². The van der Waals surface area contributed by atoms with E-state index in [0.717, 1.165) is 43.3 Å². The first kappa shape index (κ1) is 16.6. The fraction of sp³-hybridized carbons (Fsp3) is 0.667. The van der Waals surface area contributed by atoms with Crippen LogP contribution in [0.5, 0.6) is 5.75 Å². The van der Waals surface area contributed by atoms with Crippen molar-refractivity contribution in [1.82, 2.24) is 5.32 Å². The number of rotatable bonds is 8. The summed E-state index contributed by atoms with van der Waals surface area (Å²) in [6.45, 7) is 9.78. The molecule has 0 bridgehead atoms. The smallest absolute Gasteiger partial charge is 0.125 e. The van der Waals surface area contributed by atoms with Crippen molar-refractivity contribution in [3.05, 3.63) is 28.3 Å². The largest absolute Gasteiger partial charge is 0.493 e. The monoisotopic (exact) mass is 309 g/mol. The predicted molar refractivity (Wildman–Crippen MR) is 90.5 cm³/mol. The molecule has 0 amide bonds. The number of halogens is 1. The van der Waals surface area contributed by atoms with E-state index in [1.54, 1.807) is 0 Å². The van der Waals surface area contributed by atoms with Crippen molar-refractivity contribution in [3.8, 4) is 5.75 Å². The van der Waals surface area contributed by atoms with Gasteiger partial charge in [0.25, 0.3) is 0 Å². The highest BCUT2D eigenvalue weighted by Crippen LogP contribution is 2.38. The third-order valence-electron chi connectivity index (χ3n) is 4.27. The van der Waals surface area contributed by atoms with Crippen molar-refractivity contribution in [1.29, 1.82) is 0 Å². The molecule has 0 fully saturated rings. The molecule has 0 saturated heterocycles. The van der Waals surface area contributed by atoms with Gasteiger partial charge in [-0.15, -0.1) is 0 Å². The Labute approximate surface area is 134 Å². The second-order valence-corrected chi connectivity index (χ2v) is 7.00. The number of ether oxygens (including phenoxy) is 1. The molecule has 2 nitrogen and oxygen atoms in total. The van der Waals surface area contributed by atoms with Gasteiger partial charge in [-0.3, -0.25) is 0 Å². The summed E-state index contributed by atoms with van der Waals surface area (Å²) in [5.41, 5.74) is 2.82. The lowest BCUT2D eigenvalue weighted by atomic mass is 9.79. The Kier molecular flexibility index (Phi) is 5.95. The lowest BCUT2D eigenvalue weighted by Gasteiger charge is -2.30. The van der Waals surface area contributed by atoms with Gasteiger partial charge in [0.15, 0.2) is 0 Å². The molecule has 21 heavy (non-hydrogen) atoms. The van der Waals surface area contributed by atoms with Gasteiger partial charge in [0.2, 0.25) is 0 Å². The molecule has 0 spiro atoms. The van der Waals surface area contributed by atoms with Crippen molar-refractivity contribution >= 4 is 11.6 Å². The molecule has 1 aromatic carbocycles. The van der Waals surface area contributed by atoms with Crippen molar-refractivity contribution in [2.75, 3.05) is 19.7 Å². The number of benzene rings is 1. The molecule has 0 radical (unpaired) electrons. The summed E-state index contributed by atoms with van der Waals surface area (Å²) in [5.74, 6) is 1.09. The average Bonchev–Trinajstić information content (AvgIpc) is 2.87. The number of fused-ring (bicyclic) bond motifs is 1. The molecule has 1 aromatic rings. The molecule has 118 valence electrons. The van der Waals surface area contributed by atoms with Gasteiger partial charge in [0, 0.05) is 18.0 Å². The molecule has 3 heteroatoms. The van der Waals surface area contributed by atoms with Crippen LogP contribution in [0.15, 0.2) is 12.1 Å². The Hall–Kier alpha value is -0.730. The highest BCUT2D eigenvalue weighted by molar-refractivity contribution is 6.30. The molecule has 0 saturated carbocycles. The molecule has 0 aromatic heterocycles. The first-order valence-electron chi connectivity index (χ1n) is 8.23. The van der Waals surface area contributed by atoms with Crippen LogP contribution in [-0.2, 0) is 12.8 Å². The summed E-state index contributed by atoms with van der Waals surface area (Å²) < 4.78 is 5.86. The maximum atomic E-state index is 6.29. The molecular formula is C18H28ClNO. The summed E-state index contributed by atoms with van der Waals surface area (Å²) in [4.78, 5) is 0. The number of nitrogens with one attached hydrogen (secondary N) is 1. The zero-order valence-electron chi connectivity index (χ0n) is 13.6. The van der Waals surface area contributed by atoms with Gasteiger partial charge in [0.1, 0.15) is 5.75 Å². The van der Waals surface area contributed by atoms with E-state index >= 15 is 0 Å². The molecule has 1 heterocycles. The Morgan fingerprint density at radius 2 is 2.10 bits per heavy atom. The van der Waals surface area contributed by atoms with Crippen molar-refractivity contribution in [2.45, 2.75) is 52.9 Å². The topological polar surface area (TPSA) is 21.3 Å². The first-order valence-corrected chi connectivity index (χ1v) is 8.60. The van der Waals surface area contributed by atoms with Crippen LogP contribution in [0, 0.1) is 5.41 Å². The fourth-order valence-electron chi connectivity index (χ4n) is 3.35. The first-order chi connectivity index (χ1) is 10.1. The fourth-order valence-corrected chi connectivity index (χ4v) is 3.61. The number of hydrogen-bond acceptors (Lipinski definition) is 2. The maximum absolute atomic E-state index is 6.29. The molecule has 1 aliphatic heterocycles. The zero-order chi connectivity index (χ0) is 15.3.